The van der Waals surface area contributed by atoms with Gasteiger partial charge in [-0.2, -0.15) is 0 Å². The molecule has 0 fully saturated rings. The second-order valence-corrected chi connectivity index (χ2v) is 1.74. The minimum Gasteiger partial charge on any atom is -0.352 e. The predicted molar refractivity (Wildman–Crippen MR) is 30.9 cm³/mol. The minimum absolute atomic E-state index is 0.0108. The maximum atomic E-state index is 10.5. The van der Waals surface area contributed by atoms with Gasteiger partial charge >= 0.3 is 0 Å². The van der Waals surface area contributed by atoms with Crippen LogP contribution < -0.4 is 0 Å². The molecule has 0 unspecified atom stereocenters. The monoisotopic (exact) mass is 128 g/mol. The maximum Gasteiger partial charge on any atom is 0.181 e. The third-order valence-corrected chi connectivity index (χ3v) is 1.06. The van der Waals surface area contributed by atoms with Crippen molar-refractivity contribution in [2.24, 2.45) is 0 Å². The first kappa shape index (κ1) is 6.45. The molecule has 1 heterocycles. The van der Waals surface area contributed by atoms with Crippen LogP contribution in [-0.4, -0.2) is 25.8 Å². The largest absolute Gasteiger partial charge is 0.352 e. The second-order valence-electron chi connectivity index (χ2n) is 1.74. The summed E-state index contributed by atoms with van der Waals surface area (Å²) in [6, 6.07) is 0. The summed E-state index contributed by atoms with van der Waals surface area (Å²) in [7, 11) is 1.53. The van der Waals surface area contributed by atoms with Crippen molar-refractivity contribution in [3.05, 3.63) is 12.2 Å². The number of methoxy groups -OCH3 is 1. The van der Waals surface area contributed by atoms with Crippen LogP contribution in [0.3, 0.4) is 0 Å². The van der Waals surface area contributed by atoms with Gasteiger partial charge in [0.05, 0.1) is 0 Å². The summed E-state index contributed by atoms with van der Waals surface area (Å²) in [6.07, 6.45) is 2.73. The molecule has 0 radical (unpaired) electrons. The zero-order valence-corrected chi connectivity index (χ0v) is 5.16. The van der Waals surface area contributed by atoms with E-state index < -0.39 is 0 Å². The molecule has 0 saturated heterocycles. The summed E-state index contributed by atoms with van der Waals surface area (Å²) in [5.74, 6) is -0.0108. The average Bonchev–Trinajstić information content (AvgIpc) is 1.90. The fourth-order valence-corrected chi connectivity index (χ4v) is 0.600. The summed E-state index contributed by atoms with van der Waals surface area (Å²) in [6.45, 7) is 0.134. The zero-order valence-electron chi connectivity index (χ0n) is 5.16. The standard InChI is InChI=1S/C6H8O3/c1-8-6-3-2-5(7)4-9-6/h2-3,6H,4H2,1H3/t6-/m1/s1. The quantitative estimate of drug-likeness (QED) is 0.503. The normalized spacial score (nSPS) is 26.8. The van der Waals surface area contributed by atoms with E-state index in [0.29, 0.717) is 0 Å². The van der Waals surface area contributed by atoms with Crippen LogP contribution in [0.4, 0.5) is 0 Å². The van der Waals surface area contributed by atoms with Crippen molar-refractivity contribution in [2.45, 2.75) is 6.29 Å². The molecule has 3 nitrogen and oxygen atoms in total. The van der Waals surface area contributed by atoms with E-state index in [1.165, 1.54) is 13.2 Å². The number of rotatable bonds is 1. The highest BCUT2D eigenvalue weighted by atomic mass is 16.7. The molecule has 0 spiro atoms. The summed E-state index contributed by atoms with van der Waals surface area (Å²) in [4.78, 5) is 10.5. The fraction of sp³-hybridized carbons (Fsp3) is 0.500. The highest BCUT2D eigenvalue weighted by Gasteiger charge is 2.10. The Balaban J connectivity index is 2.48. The molecular formula is C6H8O3. The van der Waals surface area contributed by atoms with Gasteiger partial charge in [-0.15, -0.1) is 0 Å². The van der Waals surface area contributed by atoms with Gasteiger partial charge in [0.15, 0.2) is 12.1 Å². The van der Waals surface area contributed by atoms with Crippen LogP contribution in [0.25, 0.3) is 0 Å². The molecule has 1 atom stereocenters. The van der Waals surface area contributed by atoms with Gasteiger partial charge < -0.3 is 9.47 Å². The molecule has 0 aromatic carbocycles. The average molecular weight is 128 g/mol. The number of hydrogen-bond donors (Lipinski definition) is 0. The number of carbonyl (C=O) groups is 1. The van der Waals surface area contributed by atoms with Crippen molar-refractivity contribution in [1.82, 2.24) is 0 Å². The Morgan fingerprint density at radius 2 is 2.67 bits per heavy atom. The molecule has 0 aliphatic carbocycles. The molecular weight excluding hydrogens is 120 g/mol. The zero-order chi connectivity index (χ0) is 6.69. The van der Waals surface area contributed by atoms with Gasteiger partial charge in [-0.1, -0.05) is 0 Å². The maximum absolute atomic E-state index is 10.5. The Kier molecular flexibility index (Phi) is 1.97. The molecule has 50 valence electrons. The molecule has 1 rings (SSSR count). The van der Waals surface area contributed by atoms with Crippen LogP contribution in [0.1, 0.15) is 0 Å². The van der Waals surface area contributed by atoms with Crippen LogP contribution in [0.5, 0.6) is 0 Å². The van der Waals surface area contributed by atoms with Crippen LogP contribution in [0.2, 0.25) is 0 Å². The number of hydrogen-bond acceptors (Lipinski definition) is 3. The minimum atomic E-state index is -0.331. The van der Waals surface area contributed by atoms with Crippen molar-refractivity contribution < 1.29 is 14.3 Å². The SMILES string of the molecule is CO[C@H]1C=CC(=O)CO1. The van der Waals surface area contributed by atoms with Crippen molar-refractivity contribution in [2.75, 3.05) is 13.7 Å². The summed E-state index contributed by atoms with van der Waals surface area (Å²) in [5, 5.41) is 0. The van der Waals surface area contributed by atoms with Gasteiger partial charge in [-0.25, -0.2) is 0 Å². The number of ether oxygens (including phenoxy) is 2. The Morgan fingerprint density at radius 1 is 1.89 bits per heavy atom. The number of carbonyl (C=O) groups excluding carboxylic acids is 1. The lowest BCUT2D eigenvalue weighted by molar-refractivity contribution is -0.136. The fourth-order valence-electron chi connectivity index (χ4n) is 0.600. The molecule has 0 amide bonds. The Labute approximate surface area is 53.3 Å². The molecule has 0 bridgehead atoms. The van der Waals surface area contributed by atoms with Gasteiger partial charge in [0.25, 0.3) is 0 Å². The first-order valence-corrected chi connectivity index (χ1v) is 2.68. The molecule has 1 aliphatic heterocycles. The van der Waals surface area contributed by atoms with Crippen molar-refractivity contribution >= 4 is 5.78 Å². The second kappa shape index (κ2) is 2.75. The lowest BCUT2D eigenvalue weighted by atomic mass is 10.3. The summed E-state index contributed by atoms with van der Waals surface area (Å²) < 4.78 is 9.66. The smallest absolute Gasteiger partial charge is 0.181 e. The van der Waals surface area contributed by atoms with Crippen molar-refractivity contribution in [1.29, 1.82) is 0 Å². The molecule has 3 heteroatoms. The van der Waals surface area contributed by atoms with E-state index in [2.05, 4.69) is 0 Å². The molecule has 0 N–H and O–H groups in total. The lowest BCUT2D eigenvalue weighted by Gasteiger charge is -2.13. The molecule has 0 aromatic rings. The topological polar surface area (TPSA) is 35.5 Å². The van der Waals surface area contributed by atoms with E-state index >= 15 is 0 Å². The highest BCUT2D eigenvalue weighted by molar-refractivity contribution is 5.91. The Bertz CT molecular complexity index is 139. The Morgan fingerprint density at radius 3 is 3.11 bits per heavy atom. The van der Waals surface area contributed by atoms with Gasteiger partial charge in [0, 0.05) is 7.11 Å². The van der Waals surface area contributed by atoms with Crippen LogP contribution in [0.15, 0.2) is 12.2 Å². The van der Waals surface area contributed by atoms with E-state index in [9.17, 15) is 4.79 Å². The predicted octanol–water partition coefficient (Wildman–Crippen LogP) is 0.114. The third kappa shape index (κ3) is 1.62. The van der Waals surface area contributed by atoms with Gasteiger partial charge in [-0.3, -0.25) is 4.79 Å². The van der Waals surface area contributed by atoms with Gasteiger partial charge in [0.2, 0.25) is 0 Å². The van der Waals surface area contributed by atoms with E-state index in [1.54, 1.807) is 6.08 Å². The van der Waals surface area contributed by atoms with Crippen LogP contribution in [0, 0.1) is 0 Å². The first-order chi connectivity index (χ1) is 4.33. The first-order valence-electron chi connectivity index (χ1n) is 2.68. The number of ketones is 1. The van der Waals surface area contributed by atoms with Crippen molar-refractivity contribution in [3.8, 4) is 0 Å². The molecule has 0 saturated carbocycles. The molecule has 1 aliphatic rings. The lowest BCUT2D eigenvalue weighted by Crippen LogP contribution is -2.21. The van der Waals surface area contributed by atoms with E-state index in [0.717, 1.165) is 0 Å². The summed E-state index contributed by atoms with van der Waals surface area (Å²) in [5.41, 5.74) is 0. The van der Waals surface area contributed by atoms with Crippen LogP contribution in [-0.2, 0) is 14.3 Å². The van der Waals surface area contributed by atoms with E-state index in [4.69, 9.17) is 9.47 Å². The van der Waals surface area contributed by atoms with Gasteiger partial charge in [-0.05, 0) is 12.2 Å². The summed E-state index contributed by atoms with van der Waals surface area (Å²) >= 11 is 0. The Hall–Kier alpha value is -0.670. The van der Waals surface area contributed by atoms with Crippen LogP contribution >= 0.6 is 0 Å². The van der Waals surface area contributed by atoms with E-state index in [-0.39, 0.29) is 18.7 Å². The van der Waals surface area contributed by atoms with Crippen molar-refractivity contribution in [3.63, 3.8) is 0 Å². The van der Waals surface area contributed by atoms with Gasteiger partial charge in [0.1, 0.15) is 6.61 Å². The highest BCUT2D eigenvalue weighted by Crippen LogP contribution is 2.00. The van der Waals surface area contributed by atoms with E-state index in [1.807, 2.05) is 0 Å². The molecule has 0 aromatic heterocycles. The molecule has 9 heavy (non-hydrogen) atoms. The third-order valence-electron chi connectivity index (χ3n) is 1.06.